The third kappa shape index (κ3) is 3.60. The predicted molar refractivity (Wildman–Crippen MR) is 57.4 cm³/mol. The van der Waals surface area contributed by atoms with Crippen LogP contribution in [0.3, 0.4) is 0 Å². The molecule has 0 heterocycles. The maximum absolute atomic E-state index is 3.87. The fraction of sp³-hybridized carbons (Fsp3) is 0.417. The Morgan fingerprint density at radius 1 is 1.23 bits per heavy atom. The van der Waals surface area contributed by atoms with E-state index in [0.717, 1.165) is 26.1 Å². The first-order valence-electron chi connectivity index (χ1n) is 4.92. The van der Waals surface area contributed by atoms with Gasteiger partial charge in [-0.25, -0.2) is 0 Å². The topological polar surface area (TPSA) is 3.24 Å². The van der Waals surface area contributed by atoms with E-state index in [2.05, 4.69) is 49.1 Å². The zero-order valence-corrected chi connectivity index (χ0v) is 8.37. The van der Waals surface area contributed by atoms with Crippen LogP contribution in [0.2, 0.25) is 0 Å². The minimum absolute atomic E-state index is 0.987. The van der Waals surface area contributed by atoms with Crippen LogP contribution in [0.1, 0.15) is 18.9 Å². The van der Waals surface area contributed by atoms with E-state index in [4.69, 9.17) is 0 Å². The van der Waals surface area contributed by atoms with E-state index in [0.29, 0.717) is 0 Å². The van der Waals surface area contributed by atoms with Gasteiger partial charge in [0.05, 0.1) is 0 Å². The summed E-state index contributed by atoms with van der Waals surface area (Å²) in [5.41, 5.74) is 1.39. The van der Waals surface area contributed by atoms with E-state index >= 15 is 0 Å². The van der Waals surface area contributed by atoms with Gasteiger partial charge >= 0.3 is 0 Å². The Morgan fingerprint density at radius 3 is 2.46 bits per heavy atom. The van der Waals surface area contributed by atoms with Crippen LogP contribution < -0.4 is 0 Å². The first kappa shape index (κ1) is 10.3. The van der Waals surface area contributed by atoms with Gasteiger partial charge in [0, 0.05) is 6.54 Å². The summed E-state index contributed by atoms with van der Waals surface area (Å²) in [5, 5.41) is 0. The summed E-state index contributed by atoms with van der Waals surface area (Å²) < 4.78 is 0. The third-order valence-corrected chi connectivity index (χ3v) is 2.17. The summed E-state index contributed by atoms with van der Waals surface area (Å²) in [5.74, 6) is 0. The lowest BCUT2D eigenvalue weighted by Crippen LogP contribution is -2.23. The monoisotopic (exact) mass is 176 g/mol. The Morgan fingerprint density at radius 2 is 1.92 bits per heavy atom. The Balaban J connectivity index is 2.46. The van der Waals surface area contributed by atoms with Crippen molar-refractivity contribution < 1.29 is 0 Å². The van der Waals surface area contributed by atoms with E-state index in [1.54, 1.807) is 0 Å². The molecular formula is C12H18N. The minimum Gasteiger partial charge on any atom is -0.299 e. The number of benzene rings is 1. The molecule has 0 saturated heterocycles. The molecule has 0 unspecified atom stereocenters. The highest BCUT2D eigenvalue weighted by Crippen LogP contribution is 2.04. The van der Waals surface area contributed by atoms with E-state index in [1.807, 2.05) is 0 Å². The number of hydrogen-bond donors (Lipinski definition) is 0. The van der Waals surface area contributed by atoms with E-state index in [9.17, 15) is 0 Å². The molecule has 1 nitrogen and oxygen atoms in total. The summed E-state index contributed by atoms with van der Waals surface area (Å²) in [7, 11) is 0. The Labute approximate surface area is 81.4 Å². The molecule has 0 spiro atoms. The number of nitrogens with zero attached hydrogens (tertiary/aromatic N) is 1. The van der Waals surface area contributed by atoms with E-state index in [1.165, 1.54) is 5.56 Å². The summed E-state index contributed by atoms with van der Waals surface area (Å²) in [6.07, 6.45) is 0.987. The number of rotatable bonds is 5. The van der Waals surface area contributed by atoms with Crippen LogP contribution in [0.25, 0.3) is 0 Å². The van der Waals surface area contributed by atoms with Crippen LogP contribution in [0.4, 0.5) is 0 Å². The molecule has 13 heavy (non-hydrogen) atoms. The van der Waals surface area contributed by atoms with Crippen molar-refractivity contribution in [2.24, 2.45) is 0 Å². The molecule has 1 heteroatoms. The molecular weight excluding hydrogens is 158 g/mol. The van der Waals surface area contributed by atoms with E-state index in [-0.39, 0.29) is 0 Å². The second-order valence-corrected chi connectivity index (χ2v) is 3.21. The Kier molecular flexibility index (Phi) is 4.55. The lowest BCUT2D eigenvalue weighted by atomic mass is 10.2. The average Bonchev–Trinajstić information content (AvgIpc) is 2.19. The highest BCUT2D eigenvalue weighted by atomic mass is 15.1. The highest BCUT2D eigenvalue weighted by molar-refractivity contribution is 5.14. The molecule has 0 fully saturated rings. The first-order chi connectivity index (χ1) is 6.36. The molecule has 0 amide bonds. The minimum atomic E-state index is 0.987. The predicted octanol–water partition coefficient (Wildman–Crippen LogP) is 2.73. The molecule has 1 rings (SSSR count). The Bertz CT molecular complexity index is 218. The third-order valence-electron chi connectivity index (χ3n) is 2.17. The largest absolute Gasteiger partial charge is 0.299 e. The fourth-order valence-corrected chi connectivity index (χ4v) is 1.41. The molecule has 0 saturated carbocycles. The SMILES string of the molecule is [CH2]CCN(CC)Cc1ccccc1. The standard InChI is InChI=1S/C12H18N/c1-3-10-13(4-2)11-12-8-6-5-7-9-12/h5-9H,1,3-4,10-11H2,2H3. The smallest absolute Gasteiger partial charge is 0.0233 e. The molecule has 71 valence electrons. The van der Waals surface area contributed by atoms with Gasteiger partial charge < -0.3 is 0 Å². The molecule has 0 N–H and O–H groups in total. The molecule has 0 aliphatic rings. The van der Waals surface area contributed by atoms with Gasteiger partial charge in [-0.1, -0.05) is 44.2 Å². The zero-order chi connectivity index (χ0) is 9.52. The van der Waals surface area contributed by atoms with Gasteiger partial charge in [0.15, 0.2) is 0 Å². The average molecular weight is 176 g/mol. The van der Waals surface area contributed by atoms with Gasteiger partial charge in [-0.05, 0) is 25.1 Å². The molecule has 1 radical (unpaired) electrons. The van der Waals surface area contributed by atoms with Crippen molar-refractivity contribution in [1.82, 2.24) is 4.90 Å². The van der Waals surface area contributed by atoms with Gasteiger partial charge in [0.25, 0.3) is 0 Å². The second kappa shape index (κ2) is 5.76. The molecule has 0 atom stereocenters. The van der Waals surface area contributed by atoms with Crippen LogP contribution in [0.5, 0.6) is 0 Å². The highest BCUT2D eigenvalue weighted by Gasteiger charge is 2.00. The van der Waals surface area contributed by atoms with Gasteiger partial charge in [0.1, 0.15) is 0 Å². The molecule has 0 bridgehead atoms. The molecule has 0 aromatic heterocycles. The zero-order valence-electron chi connectivity index (χ0n) is 8.37. The maximum Gasteiger partial charge on any atom is 0.0233 e. The van der Waals surface area contributed by atoms with Gasteiger partial charge in [0.2, 0.25) is 0 Å². The van der Waals surface area contributed by atoms with Crippen LogP contribution in [0.15, 0.2) is 30.3 Å². The molecule has 0 aliphatic carbocycles. The fourth-order valence-electron chi connectivity index (χ4n) is 1.41. The molecule has 1 aromatic carbocycles. The summed E-state index contributed by atoms with van der Waals surface area (Å²) in [6.45, 7) is 9.31. The summed E-state index contributed by atoms with van der Waals surface area (Å²) in [6, 6.07) is 10.6. The van der Waals surface area contributed by atoms with Crippen LogP contribution >= 0.6 is 0 Å². The van der Waals surface area contributed by atoms with Gasteiger partial charge in [-0.15, -0.1) is 0 Å². The summed E-state index contributed by atoms with van der Waals surface area (Å²) in [4.78, 5) is 2.41. The van der Waals surface area contributed by atoms with Crippen LogP contribution in [0, 0.1) is 6.92 Å². The van der Waals surface area contributed by atoms with Crippen molar-refractivity contribution >= 4 is 0 Å². The van der Waals surface area contributed by atoms with Crippen molar-refractivity contribution in [3.05, 3.63) is 42.8 Å². The lowest BCUT2D eigenvalue weighted by Gasteiger charge is -2.19. The maximum atomic E-state index is 3.87. The number of hydrogen-bond acceptors (Lipinski definition) is 1. The van der Waals surface area contributed by atoms with Gasteiger partial charge in [-0.2, -0.15) is 0 Å². The van der Waals surface area contributed by atoms with Crippen molar-refractivity contribution in [1.29, 1.82) is 0 Å². The molecule has 1 aromatic rings. The van der Waals surface area contributed by atoms with Crippen LogP contribution in [-0.4, -0.2) is 18.0 Å². The first-order valence-corrected chi connectivity index (χ1v) is 4.92. The van der Waals surface area contributed by atoms with Crippen molar-refractivity contribution in [3.63, 3.8) is 0 Å². The second-order valence-electron chi connectivity index (χ2n) is 3.21. The quantitative estimate of drug-likeness (QED) is 0.666. The Hall–Kier alpha value is -0.820. The normalized spacial score (nSPS) is 10.7. The van der Waals surface area contributed by atoms with Crippen molar-refractivity contribution in [2.45, 2.75) is 19.9 Å². The van der Waals surface area contributed by atoms with Crippen LogP contribution in [-0.2, 0) is 6.54 Å². The summed E-state index contributed by atoms with van der Waals surface area (Å²) >= 11 is 0. The van der Waals surface area contributed by atoms with Gasteiger partial charge in [-0.3, -0.25) is 4.90 Å². The van der Waals surface area contributed by atoms with Crippen molar-refractivity contribution in [3.8, 4) is 0 Å². The lowest BCUT2D eigenvalue weighted by molar-refractivity contribution is 0.285. The van der Waals surface area contributed by atoms with Crippen molar-refractivity contribution in [2.75, 3.05) is 13.1 Å². The van der Waals surface area contributed by atoms with E-state index < -0.39 is 0 Å². The molecule has 0 aliphatic heterocycles.